The average Bonchev–Trinajstić information content (AvgIpc) is 3.09. The number of rotatable bonds is 3. The molecule has 0 N–H and O–H groups in total. The highest BCUT2D eigenvalue weighted by molar-refractivity contribution is 7.17. The van der Waals surface area contributed by atoms with Gasteiger partial charge in [0.2, 0.25) is 0 Å². The second-order valence-electron chi connectivity index (χ2n) is 7.04. The number of nitrogens with zero attached hydrogens (tertiary/aromatic N) is 2. The van der Waals surface area contributed by atoms with Crippen molar-refractivity contribution in [3.63, 3.8) is 0 Å². The summed E-state index contributed by atoms with van der Waals surface area (Å²) in [5.74, 6) is 3.22. The van der Waals surface area contributed by atoms with Crippen LogP contribution in [-0.2, 0) is 6.54 Å². The van der Waals surface area contributed by atoms with Crippen LogP contribution in [0.1, 0.15) is 16.7 Å². The molecule has 0 unspecified atom stereocenters. The van der Waals surface area contributed by atoms with Crippen molar-refractivity contribution in [1.82, 2.24) is 9.55 Å². The van der Waals surface area contributed by atoms with E-state index in [0.29, 0.717) is 11.2 Å². The van der Waals surface area contributed by atoms with E-state index >= 15 is 0 Å². The summed E-state index contributed by atoms with van der Waals surface area (Å²) in [5.41, 5.74) is 6.29. The third-order valence-corrected chi connectivity index (χ3v) is 5.80. The Hall–Kier alpha value is -3.16. The van der Waals surface area contributed by atoms with E-state index in [4.69, 9.17) is 11.4 Å². The molecule has 2 aromatic heterocycles. The van der Waals surface area contributed by atoms with Gasteiger partial charge in [0.15, 0.2) is 0 Å². The van der Waals surface area contributed by atoms with E-state index in [-0.39, 0.29) is 12.1 Å². The minimum absolute atomic E-state index is 0.0882. The molecule has 0 amide bonds. The summed E-state index contributed by atoms with van der Waals surface area (Å²) in [4.78, 5) is 19.0. The molecular weight excluding hydrogens is 364 g/mol. The van der Waals surface area contributed by atoms with Crippen molar-refractivity contribution in [2.45, 2.75) is 27.3 Å². The zero-order chi connectivity index (χ0) is 19.8. The topological polar surface area (TPSA) is 34.9 Å². The van der Waals surface area contributed by atoms with Gasteiger partial charge in [0.1, 0.15) is 10.7 Å². The molecule has 138 valence electrons. The summed E-state index contributed by atoms with van der Waals surface area (Å²) in [6.07, 6.45) is 5.57. The van der Waals surface area contributed by atoms with Crippen LogP contribution in [0, 0.1) is 33.1 Å². The van der Waals surface area contributed by atoms with Gasteiger partial charge < -0.3 is 0 Å². The van der Waals surface area contributed by atoms with Gasteiger partial charge in [0, 0.05) is 16.5 Å². The van der Waals surface area contributed by atoms with Crippen LogP contribution >= 0.6 is 11.3 Å². The molecule has 4 rings (SSSR count). The zero-order valence-corrected chi connectivity index (χ0v) is 16.9. The SMILES string of the molecule is C#CCn1c(-c2ccc(C)cc2)nc2scc(-c3ccc(C)cc3C)c2c1=O. The Bertz CT molecular complexity index is 1290. The van der Waals surface area contributed by atoms with Crippen LogP contribution in [0.2, 0.25) is 0 Å². The number of hydrogen-bond donors (Lipinski definition) is 0. The van der Waals surface area contributed by atoms with Crippen molar-refractivity contribution in [2.75, 3.05) is 0 Å². The molecule has 0 radical (unpaired) electrons. The summed E-state index contributed by atoms with van der Waals surface area (Å²) in [6, 6.07) is 14.3. The second-order valence-corrected chi connectivity index (χ2v) is 7.90. The minimum atomic E-state index is -0.0882. The van der Waals surface area contributed by atoms with E-state index in [2.05, 4.69) is 38.0 Å². The van der Waals surface area contributed by atoms with Gasteiger partial charge in [0.05, 0.1) is 11.9 Å². The summed E-state index contributed by atoms with van der Waals surface area (Å²) in [6.45, 7) is 6.36. The number of fused-ring (bicyclic) bond motifs is 1. The van der Waals surface area contributed by atoms with Gasteiger partial charge >= 0.3 is 0 Å². The minimum Gasteiger partial charge on any atom is -0.280 e. The van der Waals surface area contributed by atoms with Gasteiger partial charge in [-0.1, -0.05) is 59.5 Å². The summed E-state index contributed by atoms with van der Waals surface area (Å²) in [7, 11) is 0. The van der Waals surface area contributed by atoms with E-state index in [9.17, 15) is 4.79 Å². The molecule has 4 aromatic rings. The first-order valence-electron chi connectivity index (χ1n) is 9.09. The first-order valence-corrected chi connectivity index (χ1v) is 9.97. The number of benzene rings is 2. The van der Waals surface area contributed by atoms with E-state index in [1.807, 2.05) is 36.6 Å². The maximum absolute atomic E-state index is 13.4. The van der Waals surface area contributed by atoms with Crippen LogP contribution in [-0.4, -0.2) is 9.55 Å². The standard InChI is InChI=1S/C24H20N2OS/c1-5-12-26-22(18-9-6-15(2)7-10-18)25-23-21(24(26)27)20(14-28-23)19-11-8-16(3)13-17(19)4/h1,6-11,13-14H,12H2,2-4H3. The third-order valence-electron chi connectivity index (χ3n) is 4.92. The van der Waals surface area contributed by atoms with Crippen LogP contribution in [0.4, 0.5) is 0 Å². The van der Waals surface area contributed by atoms with Crippen molar-refractivity contribution in [3.8, 4) is 34.9 Å². The quantitative estimate of drug-likeness (QED) is 0.446. The fraction of sp³-hybridized carbons (Fsp3) is 0.167. The molecule has 0 bridgehead atoms. The van der Waals surface area contributed by atoms with E-state index in [0.717, 1.165) is 32.6 Å². The number of aromatic nitrogens is 2. The monoisotopic (exact) mass is 384 g/mol. The Morgan fingerprint density at radius 2 is 1.75 bits per heavy atom. The van der Waals surface area contributed by atoms with Crippen molar-refractivity contribution in [3.05, 3.63) is 74.9 Å². The summed E-state index contributed by atoms with van der Waals surface area (Å²) >= 11 is 1.50. The molecule has 0 aliphatic rings. The Balaban J connectivity index is 2.01. The molecule has 3 nitrogen and oxygen atoms in total. The molecule has 2 aromatic carbocycles. The maximum atomic E-state index is 13.4. The van der Waals surface area contributed by atoms with Gasteiger partial charge in [-0.3, -0.25) is 9.36 Å². The highest BCUT2D eigenvalue weighted by Gasteiger charge is 2.18. The predicted octanol–water partition coefficient (Wildman–Crippen LogP) is 5.35. The van der Waals surface area contributed by atoms with Gasteiger partial charge in [-0.05, 0) is 31.9 Å². The third kappa shape index (κ3) is 3.04. The van der Waals surface area contributed by atoms with Crippen LogP contribution < -0.4 is 5.56 Å². The fourth-order valence-electron chi connectivity index (χ4n) is 3.50. The molecule has 0 fully saturated rings. The highest BCUT2D eigenvalue weighted by Crippen LogP contribution is 2.34. The molecule has 0 aliphatic heterocycles. The lowest BCUT2D eigenvalue weighted by atomic mass is 9.99. The van der Waals surface area contributed by atoms with Crippen molar-refractivity contribution in [1.29, 1.82) is 0 Å². The predicted molar refractivity (Wildman–Crippen MR) is 118 cm³/mol. The van der Waals surface area contributed by atoms with E-state index in [1.54, 1.807) is 4.57 Å². The Morgan fingerprint density at radius 1 is 1.04 bits per heavy atom. The van der Waals surface area contributed by atoms with Gasteiger partial charge in [-0.25, -0.2) is 4.98 Å². The lowest BCUT2D eigenvalue weighted by Crippen LogP contribution is -2.23. The van der Waals surface area contributed by atoms with Crippen molar-refractivity contribution in [2.24, 2.45) is 0 Å². The smallest absolute Gasteiger partial charge is 0.264 e. The highest BCUT2D eigenvalue weighted by atomic mass is 32.1. The van der Waals surface area contributed by atoms with Crippen LogP contribution in [0.15, 0.2) is 52.6 Å². The number of terminal acetylenes is 1. The molecule has 0 spiro atoms. The molecule has 0 saturated heterocycles. The first kappa shape index (κ1) is 18.2. The average molecular weight is 385 g/mol. The lowest BCUT2D eigenvalue weighted by Gasteiger charge is -2.11. The van der Waals surface area contributed by atoms with Crippen molar-refractivity contribution < 1.29 is 0 Å². The summed E-state index contributed by atoms with van der Waals surface area (Å²) < 4.78 is 1.60. The zero-order valence-electron chi connectivity index (χ0n) is 16.1. The fourth-order valence-corrected chi connectivity index (χ4v) is 4.43. The van der Waals surface area contributed by atoms with Crippen molar-refractivity contribution >= 4 is 21.6 Å². The lowest BCUT2D eigenvalue weighted by molar-refractivity contribution is 0.796. The number of aryl methyl sites for hydroxylation is 3. The number of thiophene rings is 1. The Morgan fingerprint density at radius 3 is 2.43 bits per heavy atom. The second kappa shape index (κ2) is 7.10. The molecule has 4 heteroatoms. The molecule has 0 atom stereocenters. The molecule has 0 saturated carbocycles. The van der Waals surface area contributed by atoms with Crippen LogP contribution in [0.5, 0.6) is 0 Å². The van der Waals surface area contributed by atoms with Crippen LogP contribution in [0.25, 0.3) is 32.7 Å². The van der Waals surface area contributed by atoms with E-state index < -0.39 is 0 Å². The van der Waals surface area contributed by atoms with Gasteiger partial charge in [-0.15, -0.1) is 17.8 Å². The first-order chi connectivity index (χ1) is 13.5. The Kier molecular flexibility index (Phi) is 4.62. The number of hydrogen-bond acceptors (Lipinski definition) is 3. The molecule has 28 heavy (non-hydrogen) atoms. The molecular formula is C24H20N2OS. The van der Waals surface area contributed by atoms with Crippen LogP contribution in [0.3, 0.4) is 0 Å². The van der Waals surface area contributed by atoms with E-state index in [1.165, 1.54) is 16.9 Å². The van der Waals surface area contributed by atoms with Gasteiger partial charge in [-0.2, -0.15) is 0 Å². The largest absolute Gasteiger partial charge is 0.280 e. The normalized spacial score (nSPS) is 10.9. The molecule has 0 aliphatic carbocycles. The van der Waals surface area contributed by atoms with Gasteiger partial charge in [0.25, 0.3) is 5.56 Å². The summed E-state index contributed by atoms with van der Waals surface area (Å²) in [5, 5.41) is 2.67. The Labute approximate surface area is 168 Å². The maximum Gasteiger partial charge on any atom is 0.264 e. The molecule has 2 heterocycles.